The van der Waals surface area contributed by atoms with Crippen molar-refractivity contribution in [1.82, 2.24) is 9.55 Å². The maximum Gasteiger partial charge on any atom is 0.261 e. The molecule has 0 saturated heterocycles. The van der Waals surface area contributed by atoms with Crippen LogP contribution in [0.5, 0.6) is 5.75 Å². The predicted molar refractivity (Wildman–Crippen MR) is 139 cm³/mol. The van der Waals surface area contributed by atoms with E-state index in [2.05, 4.69) is 44.8 Å². The first-order chi connectivity index (χ1) is 15.9. The lowest BCUT2D eigenvalue weighted by Gasteiger charge is -2.15. The Balaban J connectivity index is 1.46. The van der Waals surface area contributed by atoms with Gasteiger partial charge < -0.3 is 9.47 Å². The Labute approximate surface area is 209 Å². The summed E-state index contributed by atoms with van der Waals surface area (Å²) in [5.41, 5.74) is 3.75. The minimum Gasteiger partial charge on any atom is -0.490 e. The van der Waals surface area contributed by atoms with Crippen LogP contribution in [-0.2, 0) is 11.3 Å². The van der Waals surface area contributed by atoms with Crippen molar-refractivity contribution in [3.8, 4) is 17.1 Å². The monoisotopic (exact) mass is 570 g/mol. The van der Waals surface area contributed by atoms with Crippen LogP contribution in [0, 0.1) is 13.8 Å². The molecule has 4 rings (SSSR count). The zero-order chi connectivity index (χ0) is 23.4. The first kappa shape index (κ1) is 23.7. The molecule has 0 N–H and O–H groups in total. The van der Waals surface area contributed by atoms with Gasteiger partial charge in [-0.2, -0.15) is 0 Å². The first-order valence-electron chi connectivity index (χ1n) is 10.7. The Morgan fingerprint density at radius 3 is 2.45 bits per heavy atom. The van der Waals surface area contributed by atoms with E-state index in [0.717, 1.165) is 25.8 Å². The van der Waals surface area contributed by atoms with Gasteiger partial charge in [-0.05, 0) is 71.2 Å². The lowest BCUT2D eigenvalue weighted by atomic mass is 10.1. The number of aromatic nitrogens is 2. The summed E-state index contributed by atoms with van der Waals surface area (Å²) in [5.74, 6) is 1.46. The van der Waals surface area contributed by atoms with Gasteiger partial charge in [0.15, 0.2) is 0 Å². The van der Waals surface area contributed by atoms with Crippen molar-refractivity contribution >= 4 is 42.8 Å². The molecule has 4 aromatic rings. The Kier molecular flexibility index (Phi) is 7.63. The molecule has 1 heterocycles. The number of rotatable bonds is 8. The molecule has 0 aliphatic carbocycles. The summed E-state index contributed by atoms with van der Waals surface area (Å²) in [5, 5.41) is 0.599. The Bertz CT molecular complexity index is 1310. The lowest BCUT2D eigenvalue weighted by Crippen LogP contribution is -2.26. The third kappa shape index (κ3) is 5.54. The van der Waals surface area contributed by atoms with E-state index in [4.69, 9.17) is 14.5 Å². The smallest absolute Gasteiger partial charge is 0.261 e. The van der Waals surface area contributed by atoms with E-state index in [1.165, 1.54) is 5.56 Å². The normalized spacial score (nSPS) is 11.2. The van der Waals surface area contributed by atoms with E-state index in [1.807, 2.05) is 61.5 Å². The van der Waals surface area contributed by atoms with Gasteiger partial charge in [0.05, 0.1) is 35.1 Å². The first-order valence-corrected chi connectivity index (χ1v) is 12.3. The molecule has 0 radical (unpaired) electrons. The van der Waals surface area contributed by atoms with Crippen LogP contribution in [0.1, 0.15) is 11.1 Å². The maximum atomic E-state index is 13.2. The van der Waals surface area contributed by atoms with E-state index in [-0.39, 0.29) is 5.56 Å². The molecule has 3 aromatic carbocycles. The number of nitrogens with zero attached hydrogens (tertiary/aromatic N) is 2. The number of hydrogen-bond acceptors (Lipinski definition) is 4. The molecule has 7 heteroatoms. The number of benzene rings is 3. The lowest BCUT2D eigenvalue weighted by molar-refractivity contribution is 0.0936. The summed E-state index contributed by atoms with van der Waals surface area (Å²) in [6, 6.07) is 19.3. The molecule has 0 saturated carbocycles. The number of hydrogen-bond donors (Lipinski definition) is 0. The van der Waals surface area contributed by atoms with Gasteiger partial charge in [0.2, 0.25) is 0 Å². The predicted octanol–water partition coefficient (Wildman–Crippen LogP) is 6.30. The molecule has 0 unspecified atom stereocenters. The van der Waals surface area contributed by atoms with E-state index in [1.54, 1.807) is 4.57 Å². The molecule has 0 fully saturated rings. The van der Waals surface area contributed by atoms with E-state index in [9.17, 15) is 4.79 Å². The number of para-hydroxylation sites is 1. The van der Waals surface area contributed by atoms with Crippen LogP contribution in [0.4, 0.5) is 0 Å². The molecule has 5 nitrogen and oxygen atoms in total. The average Bonchev–Trinajstić information content (AvgIpc) is 2.79. The van der Waals surface area contributed by atoms with Gasteiger partial charge in [-0.15, -0.1) is 0 Å². The van der Waals surface area contributed by atoms with Crippen LogP contribution in [0.2, 0.25) is 0 Å². The third-order valence-corrected chi connectivity index (χ3v) is 6.39. The molecule has 0 spiro atoms. The van der Waals surface area contributed by atoms with Crippen molar-refractivity contribution < 1.29 is 9.47 Å². The third-order valence-electron chi connectivity index (χ3n) is 5.27. The average molecular weight is 572 g/mol. The fourth-order valence-electron chi connectivity index (χ4n) is 3.74. The highest BCUT2D eigenvalue weighted by Gasteiger charge is 2.13. The van der Waals surface area contributed by atoms with Gasteiger partial charge in [-0.25, -0.2) is 4.98 Å². The Morgan fingerprint density at radius 1 is 0.939 bits per heavy atom. The molecular formula is C26H24Br2N2O3. The number of ether oxygens (including phenoxy) is 2. The van der Waals surface area contributed by atoms with Crippen LogP contribution >= 0.6 is 31.9 Å². The number of aryl methyl sites for hydroxylation is 2. The zero-order valence-corrected chi connectivity index (χ0v) is 21.6. The highest BCUT2D eigenvalue weighted by Crippen LogP contribution is 2.30. The molecule has 0 aliphatic heterocycles. The minimum atomic E-state index is -0.0717. The zero-order valence-electron chi connectivity index (χ0n) is 18.5. The molecular weight excluding hydrogens is 548 g/mol. The highest BCUT2D eigenvalue weighted by molar-refractivity contribution is 9.10. The van der Waals surface area contributed by atoms with Crippen LogP contribution in [0.25, 0.3) is 22.3 Å². The fourth-order valence-corrected chi connectivity index (χ4v) is 4.79. The molecule has 0 atom stereocenters. The second kappa shape index (κ2) is 10.6. The summed E-state index contributed by atoms with van der Waals surface area (Å²) in [6.45, 7) is 5.69. The molecule has 1 aromatic heterocycles. The quantitative estimate of drug-likeness (QED) is 0.233. The molecule has 0 bridgehead atoms. The second-order valence-corrected chi connectivity index (χ2v) is 9.54. The molecule has 0 amide bonds. The largest absolute Gasteiger partial charge is 0.490 e. The summed E-state index contributed by atoms with van der Waals surface area (Å²) < 4.78 is 15.3. The van der Waals surface area contributed by atoms with E-state index < -0.39 is 0 Å². The minimum absolute atomic E-state index is 0.0717. The van der Waals surface area contributed by atoms with Crippen LogP contribution in [-0.4, -0.2) is 29.4 Å². The summed E-state index contributed by atoms with van der Waals surface area (Å²) in [4.78, 5) is 18.0. The van der Waals surface area contributed by atoms with Crippen LogP contribution in [0.3, 0.4) is 0 Å². The fraction of sp³-hybridized carbons (Fsp3) is 0.231. The second-order valence-electron chi connectivity index (χ2n) is 7.77. The van der Waals surface area contributed by atoms with Crippen molar-refractivity contribution in [1.29, 1.82) is 0 Å². The number of fused-ring (bicyclic) bond motifs is 1. The SMILES string of the molecule is Cc1cc(C)c(OCCOCCn2c(-c3ccc(Br)cc3)nc3ccccc3c2=O)c(Br)c1. The Morgan fingerprint density at radius 2 is 1.70 bits per heavy atom. The van der Waals surface area contributed by atoms with Crippen LogP contribution in [0.15, 0.2) is 74.4 Å². The van der Waals surface area contributed by atoms with Crippen molar-refractivity contribution in [2.75, 3.05) is 19.8 Å². The van der Waals surface area contributed by atoms with E-state index >= 15 is 0 Å². The van der Waals surface area contributed by atoms with Gasteiger partial charge >= 0.3 is 0 Å². The molecule has 33 heavy (non-hydrogen) atoms. The molecule has 170 valence electrons. The Hall–Kier alpha value is -2.48. The summed E-state index contributed by atoms with van der Waals surface area (Å²) in [6.07, 6.45) is 0. The van der Waals surface area contributed by atoms with Gasteiger partial charge in [-0.3, -0.25) is 9.36 Å². The van der Waals surface area contributed by atoms with Gasteiger partial charge in [0.1, 0.15) is 18.2 Å². The van der Waals surface area contributed by atoms with E-state index in [0.29, 0.717) is 43.1 Å². The summed E-state index contributed by atoms with van der Waals surface area (Å²) >= 11 is 7.02. The van der Waals surface area contributed by atoms with Gasteiger partial charge in [-0.1, -0.05) is 46.3 Å². The van der Waals surface area contributed by atoms with Gasteiger partial charge in [0, 0.05) is 10.0 Å². The van der Waals surface area contributed by atoms with Crippen LogP contribution < -0.4 is 10.3 Å². The van der Waals surface area contributed by atoms with Gasteiger partial charge in [0.25, 0.3) is 5.56 Å². The summed E-state index contributed by atoms with van der Waals surface area (Å²) in [7, 11) is 0. The van der Waals surface area contributed by atoms with Crippen molar-refractivity contribution in [3.05, 3.63) is 91.1 Å². The topological polar surface area (TPSA) is 53.4 Å². The van der Waals surface area contributed by atoms with Crippen molar-refractivity contribution in [2.24, 2.45) is 0 Å². The standard InChI is InChI=1S/C26H24Br2N2O3/c1-17-15-18(2)24(22(28)16-17)33-14-13-32-12-11-30-25(19-7-9-20(27)10-8-19)29-23-6-4-3-5-21(23)26(30)31/h3-10,15-16H,11-14H2,1-2H3. The maximum absolute atomic E-state index is 13.2. The number of halogens is 2. The van der Waals surface area contributed by atoms with Crippen molar-refractivity contribution in [3.63, 3.8) is 0 Å². The molecule has 0 aliphatic rings. The highest BCUT2D eigenvalue weighted by atomic mass is 79.9. The van der Waals surface area contributed by atoms with Crippen molar-refractivity contribution in [2.45, 2.75) is 20.4 Å².